The average Bonchev–Trinajstić information content (AvgIpc) is 3.06. The molecule has 6 aliphatic rings. The third kappa shape index (κ3) is 6.48. The summed E-state index contributed by atoms with van der Waals surface area (Å²) in [5.41, 5.74) is 12.4. The van der Waals surface area contributed by atoms with E-state index in [-0.39, 0.29) is 23.2 Å². The monoisotopic (exact) mass is 638 g/mol. The highest BCUT2D eigenvalue weighted by Crippen LogP contribution is 2.57. The van der Waals surface area contributed by atoms with Crippen LogP contribution < -0.4 is 5.73 Å². The molecule has 6 bridgehead atoms. The highest BCUT2D eigenvalue weighted by Gasteiger charge is 2.59. The lowest BCUT2D eigenvalue weighted by molar-refractivity contribution is -0.116. The van der Waals surface area contributed by atoms with E-state index in [4.69, 9.17) is 10.7 Å². The van der Waals surface area contributed by atoms with Crippen molar-refractivity contribution in [2.45, 2.75) is 96.6 Å². The summed E-state index contributed by atoms with van der Waals surface area (Å²) in [7, 11) is 0. The summed E-state index contributed by atoms with van der Waals surface area (Å²) in [4.78, 5) is 10.8. The van der Waals surface area contributed by atoms with E-state index in [2.05, 4.69) is 60.1 Å². The number of nitrogens with two attached hydrogens (primary N) is 1. The topological polar surface area (TPSA) is 85.8 Å². The molecule has 47 heavy (non-hydrogen) atoms. The number of phenolic OH excluding ortho intramolecular Hbond substituents is 1. The van der Waals surface area contributed by atoms with Crippen molar-refractivity contribution in [1.82, 2.24) is 14.8 Å². The number of aryl methyl sites for hydroxylation is 1. The number of aliphatic hydroxyl groups is 1. The Balaban J connectivity index is 1.29. The van der Waals surface area contributed by atoms with Gasteiger partial charge in [-0.05, 0) is 125 Å². The van der Waals surface area contributed by atoms with Gasteiger partial charge in [-0.3, -0.25) is 4.90 Å². The molecular formula is C41H58N4O2. The van der Waals surface area contributed by atoms with Crippen LogP contribution in [0.5, 0.6) is 5.75 Å². The minimum absolute atomic E-state index is 0.217. The van der Waals surface area contributed by atoms with E-state index in [1.54, 1.807) is 11.6 Å². The number of hydrogen-bond acceptors (Lipinski definition) is 6. The number of phenols is 1. The molecule has 5 aliphatic heterocycles. The van der Waals surface area contributed by atoms with Crippen LogP contribution in [0.1, 0.15) is 88.5 Å². The fourth-order valence-electron chi connectivity index (χ4n) is 10.5. The van der Waals surface area contributed by atoms with Gasteiger partial charge in [-0.2, -0.15) is 0 Å². The van der Waals surface area contributed by atoms with Crippen molar-refractivity contribution in [2.24, 2.45) is 34.8 Å². The maximum Gasteiger partial charge on any atom is 0.141 e. The van der Waals surface area contributed by atoms with Gasteiger partial charge in [0.25, 0.3) is 0 Å². The molecule has 6 nitrogen and oxygen atoms in total. The molecule has 1 aliphatic carbocycles. The third-order valence-electron chi connectivity index (χ3n) is 12.6. The van der Waals surface area contributed by atoms with E-state index in [9.17, 15) is 10.2 Å². The van der Waals surface area contributed by atoms with E-state index < -0.39 is 0 Å². The maximum absolute atomic E-state index is 11.1. The normalized spacial score (nSPS) is 37.7. The summed E-state index contributed by atoms with van der Waals surface area (Å²) in [5.74, 6) is 2.43. The number of aromatic hydroxyl groups is 1. The molecule has 0 amide bonds. The second-order valence-corrected chi connectivity index (χ2v) is 15.9. The summed E-state index contributed by atoms with van der Waals surface area (Å²) in [6, 6.07) is 6.27. The first-order chi connectivity index (χ1) is 22.9. The number of fused-ring (bicyclic) bond motifs is 3. The number of nitrogens with zero attached hydrogens (tertiary/aromatic N) is 3. The Hall–Kier alpha value is -2.51. The molecule has 254 valence electrons. The molecule has 2 fully saturated rings. The van der Waals surface area contributed by atoms with E-state index in [1.165, 1.54) is 36.9 Å². The van der Waals surface area contributed by atoms with Gasteiger partial charge in [0.1, 0.15) is 11.3 Å². The summed E-state index contributed by atoms with van der Waals surface area (Å²) in [6.07, 6.45) is 23.7. The lowest BCUT2D eigenvalue weighted by atomic mass is 9.51. The van der Waals surface area contributed by atoms with Gasteiger partial charge in [-0.15, -0.1) is 0 Å². The van der Waals surface area contributed by atoms with Crippen molar-refractivity contribution < 1.29 is 10.2 Å². The quantitative estimate of drug-likeness (QED) is 0.311. The van der Waals surface area contributed by atoms with Crippen molar-refractivity contribution in [1.29, 1.82) is 0 Å². The molecule has 1 aromatic heterocycles. The van der Waals surface area contributed by atoms with Gasteiger partial charge in [0, 0.05) is 48.7 Å². The lowest BCUT2D eigenvalue weighted by Gasteiger charge is -2.65. The molecule has 0 radical (unpaired) electrons. The molecule has 6 heterocycles. The number of piperidine rings is 2. The van der Waals surface area contributed by atoms with Crippen LogP contribution in [0.3, 0.4) is 0 Å². The summed E-state index contributed by atoms with van der Waals surface area (Å²) < 4.78 is 0. The number of allylic oxidation sites excluding steroid dienone is 3. The molecule has 2 aromatic rings. The SMILES string of the molecule is CC1CCc2nc3c(O)cccc3c(CCN)c2/C=C\CC[C@@]23CN4CC[C@H]2C2C=C(CC/C=C\CCCC(O)C(C)C4)[C@H]3N(C1)C2. The zero-order valence-corrected chi connectivity index (χ0v) is 28.9. The Kier molecular flexibility index (Phi) is 9.94. The molecule has 6 unspecified atom stereocenters. The van der Waals surface area contributed by atoms with Gasteiger partial charge in [-0.1, -0.05) is 61.9 Å². The minimum Gasteiger partial charge on any atom is -0.506 e. The number of aromatic nitrogens is 1. The molecule has 0 saturated carbocycles. The van der Waals surface area contributed by atoms with Crippen molar-refractivity contribution in [3.05, 3.63) is 64.9 Å². The van der Waals surface area contributed by atoms with Gasteiger partial charge in [0.15, 0.2) is 0 Å². The number of hydrogen-bond donors (Lipinski definition) is 3. The predicted molar refractivity (Wildman–Crippen MR) is 193 cm³/mol. The zero-order chi connectivity index (χ0) is 32.5. The first kappa shape index (κ1) is 33.0. The Bertz CT molecular complexity index is 1510. The summed E-state index contributed by atoms with van der Waals surface area (Å²) >= 11 is 0. The molecule has 2 saturated heterocycles. The van der Waals surface area contributed by atoms with Crippen molar-refractivity contribution in [2.75, 3.05) is 39.3 Å². The van der Waals surface area contributed by atoms with Crippen molar-refractivity contribution in [3.63, 3.8) is 0 Å². The zero-order valence-electron chi connectivity index (χ0n) is 28.9. The molecule has 9 atom stereocenters. The van der Waals surface area contributed by atoms with Crippen LogP contribution in [0.25, 0.3) is 17.0 Å². The highest BCUT2D eigenvalue weighted by molar-refractivity contribution is 5.90. The molecule has 1 aromatic carbocycles. The molecule has 4 N–H and O–H groups in total. The summed E-state index contributed by atoms with van der Waals surface area (Å²) in [5, 5.41) is 23.0. The Labute approximate surface area is 282 Å². The molecule has 1 spiro atoms. The van der Waals surface area contributed by atoms with Crippen LogP contribution in [0.15, 0.2) is 48.1 Å². The van der Waals surface area contributed by atoms with E-state index >= 15 is 0 Å². The maximum atomic E-state index is 11.1. The van der Waals surface area contributed by atoms with Gasteiger partial charge < -0.3 is 20.8 Å². The summed E-state index contributed by atoms with van der Waals surface area (Å²) in [6.45, 7) is 10.9. The van der Waals surface area contributed by atoms with Gasteiger partial charge >= 0.3 is 0 Å². The van der Waals surface area contributed by atoms with Crippen LogP contribution in [0.4, 0.5) is 0 Å². The number of rotatable bonds is 2. The van der Waals surface area contributed by atoms with Gasteiger partial charge in [0.2, 0.25) is 0 Å². The van der Waals surface area contributed by atoms with E-state index in [0.717, 1.165) is 94.5 Å². The first-order valence-corrected chi connectivity index (χ1v) is 18.9. The van der Waals surface area contributed by atoms with Crippen LogP contribution in [0.2, 0.25) is 0 Å². The van der Waals surface area contributed by atoms with Crippen LogP contribution in [0, 0.1) is 29.1 Å². The first-order valence-electron chi connectivity index (χ1n) is 18.9. The molecule has 6 heteroatoms. The van der Waals surface area contributed by atoms with Crippen LogP contribution in [-0.2, 0) is 12.8 Å². The average molecular weight is 639 g/mol. The van der Waals surface area contributed by atoms with Gasteiger partial charge in [0.05, 0.1) is 6.10 Å². The Morgan fingerprint density at radius 2 is 1.87 bits per heavy atom. The predicted octanol–water partition coefficient (Wildman–Crippen LogP) is 6.88. The Morgan fingerprint density at radius 1 is 1.00 bits per heavy atom. The smallest absolute Gasteiger partial charge is 0.141 e. The second kappa shape index (κ2) is 14.2. The third-order valence-corrected chi connectivity index (χ3v) is 12.6. The fraction of sp³-hybridized carbons (Fsp3) is 0.634. The van der Waals surface area contributed by atoms with Gasteiger partial charge in [-0.25, -0.2) is 4.98 Å². The van der Waals surface area contributed by atoms with Crippen molar-refractivity contribution >= 4 is 17.0 Å². The van der Waals surface area contributed by atoms with Crippen molar-refractivity contribution in [3.8, 4) is 5.75 Å². The largest absolute Gasteiger partial charge is 0.506 e. The van der Waals surface area contributed by atoms with E-state index in [0.29, 0.717) is 29.9 Å². The van der Waals surface area contributed by atoms with Crippen LogP contribution in [-0.4, -0.2) is 76.4 Å². The number of para-hydroxylation sites is 1. The molecule has 8 rings (SSSR count). The number of aliphatic hydroxyl groups excluding tert-OH is 1. The van der Waals surface area contributed by atoms with Crippen LogP contribution >= 0.6 is 0 Å². The second-order valence-electron chi connectivity index (χ2n) is 15.9. The fourth-order valence-corrected chi connectivity index (χ4v) is 10.5. The minimum atomic E-state index is -0.225. The highest BCUT2D eigenvalue weighted by atomic mass is 16.3. The Morgan fingerprint density at radius 3 is 2.74 bits per heavy atom. The molecular weight excluding hydrogens is 580 g/mol. The lowest BCUT2D eigenvalue weighted by Crippen LogP contribution is -2.69. The standard InChI is InChI=1S/C41H58N4O2/c1-28-16-17-36-33(32(18-21-42)34-13-10-15-38(47)39(34)43-36)12-8-9-20-41-27-44-22-19-35(41)31-23-30(40(41)45(24-28)26-31)11-6-4-3-5-7-14-37(46)29(2)25-44/h3-4,8,10,12-13,15,23,28-29,31,35,37,40,46-47H,5-7,9,11,14,16-22,24-27,42H2,1-2H3/b4-3-,12-8-/t28?,29?,31?,35-,37?,40+,41+/m0/s1. The van der Waals surface area contributed by atoms with E-state index in [1.807, 2.05) is 6.07 Å². The number of pyridine rings is 1. The number of benzene rings is 1.